The lowest BCUT2D eigenvalue weighted by Crippen LogP contribution is -2.29. The quantitative estimate of drug-likeness (QED) is 0.510. The fourth-order valence-electron chi connectivity index (χ4n) is 1.83. The molecule has 0 amide bonds. The van der Waals surface area contributed by atoms with Gasteiger partial charge in [-0.05, 0) is 25.8 Å². The Bertz CT molecular complexity index is 121. The van der Waals surface area contributed by atoms with Crippen LogP contribution in [0.15, 0.2) is 0 Å². The highest BCUT2D eigenvalue weighted by molar-refractivity contribution is 6.54. The van der Waals surface area contributed by atoms with Crippen LogP contribution in [0.2, 0.25) is 13.1 Å². The van der Waals surface area contributed by atoms with Crippen LogP contribution in [-0.4, -0.2) is 19.3 Å². The van der Waals surface area contributed by atoms with E-state index in [2.05, 4.69) is 12.1 Å². The van der Waals surface area contributed by atoms with Crippen LogP contribution in [0.4, 0.5) is 0 Å². The lowest BCUT2D eigenvalue weighted by atomic mass is 9.58. The normalized spacial score (nSPS) is 30.8. The number of halogens is 1. The zero-order valence-corrected chi connectivity index (χ0v) is 8.19. The second kappa shape index (κ2) is 4.37. The smallest absolute Gasteiger partial charge is 0.217 e. The van der Waals surface area contributed by atoms with E-state index in [1.807, 2.05) is 7.05 Å². The van der Waals surface area contributed by atoms with Gasteiger partial charge in [0.1, 0.15) is 0 Å². The van der Waals surface area contributed by atoms with Gasteiger partial charge in [0, 0.05) is 5.38 Å². The van der Waals surface area contributed by atoms with Gasteiger partial charge in [0.15, 0.2) is 0 Å². The summed E-state index contributed by atoms with van der Waals surface area (Å²) in [5, 5.41) is 3.70. The van der Waals surface area contributed by atoms with Crippen molar-refractivity contribution in [3.8, 4) is 0 Å². The van der Waals surface area contributed by atoms with E-state index in [0.29, 0.717) is 12.2 Å². The van der Waals surface area contributed by atoms with Gasteiger partial charge in [-0.1, -0.05) is 19.6 Å². The van der Waals surface area contributed by atoms with Crippen molar-refractivity contribution in [3.63, 3.8) is 0 Å². The van der Waals surface area contributed by atoms with Crippen LogP contribution in [0, 0.1) is 5.92 Å². The summed E-state index contributed by atoms with van der Waals surface area (Å²) < 4.78 is 0. The van der Waals surface area contributed by atoms with E-state index in [9.17, 15) is 0 Å². The Hall–Kier alpha value is 0.315. The lowest BCUT2D eigenvalue weighted by Gasteiger charge is -2.15. The van der Waals surface area contributed by atoms with Crippen LogP contribution in [0.3, 0.4) is 0 Å². The summed E-state index contributed by atoms with van der Waals surface area (Å²) in [4.78, 5) is 0. The largest absolute Gasteiger partial charge is 0.359 e. The number of rotatable bonds is 3. The average Bonchev–Trinajstić information content (AvgIpc) is 2.37. The molecule has 0 heterocycles. The van der Waals surface area contributed by atoms with Crippen LogP contribution in [0.25, 0.3) is 0 Å². The molecule has 2 atom stereocenters. The Morgan fingerprint density at radius 3 is 2.73 bits per heavy atom. The molecule has 1 aliphatic carbocycles. The van der Waals surface area contributed by atoms with Gasteiger partial charge in [-0.15, -0.1) is 11.6 Å². The minimum atomic E-state index is 0.450. The lowest BCUT2D eigenvalue weighted by molar-refractivity contribution is 0.609. The maximum atomic E-state index is 6.15. The van der Waals surface area contributed by atoms with Gasteiger partial charge >= 0.3 is 0 Å². The Balaban J connectivity index is 2.24. The molecule has 3 heteroatoms. The third-order valence-electron chi connectivity index (χ3n) is 2.72. The van der Waals surface area contributed by atoms with Gasteiger partial charge in [-0.25, -0.2) is 0 Å². The van der Waals surface area contributed by atoms with Crippen molar-refractivity contribution in [1.82, 2.24) is 5.23 Å². The van der Waals surface area contributed by atoms with Gasteiger partial charge in [0.25, 0.3) is 0 Å². The molecule has 0 saturated heterocycles. The molecule has 11 heavy (non-hydrogen) atoms. The second-order valence-corrected chi connectivity index (χ2v) is 4.19. The minimum absolute atomic E-state index is 0.450. The Kier molecular flexibility index (Phi) is 3.73. The molecule has 1 nitrogen and oxygen atoms in total. The molecule has 1 rings (SSSR count). The third kappa shape index (κ3) is 2.68. The van der Waals surface area contributed by atoms with Gasteiger partial charge in [0.05, 0.1) is 0 Å². The summed E-state index contributed by atoms with van der Waals surface area (Å²) in [6, 6.07) is 0. The first-order valence-corrected chi connectivity index (χ1v) is 4.99. The van der Waals surface area contributed by atoms with Crippen molar-refractivity contribution in [2.75, 3.05) is 7.05 Å². The van der Waals surface area contributed by atoms with Crippen molar-refractivity contribution in [2.24, 2.45) is 5.92 Å². The maximum Gasteiger partial charge on any atom is 0.217 e. The maximum absolute atomic E-state index is 6.15. The molecule has 0 aromatic heterocycles. The molecular weight excluding hydrogens is 156 g/mol. The molecule has 0 spiro atoms. The summed E-state index contributed by atoms with van der Waals surface area (Å²) in [5.74, 6) is 0.763. The fourth-order valence-corrected chi connectivity index (χ4v) is 2.21. The summed E-state index contributed by atoms with van der Waals surface area (Å²) in [6.07, 6.45) is 5.13. The molecule has 1 N–H and O–H groups in total. The minimum Gasteiger partial charge on any atom is -0.359 e. The molecular formula is C8H17BClN. The number of hydrogen-bond donors (Lipinski definition) is 1. The van der Waals surface area contributed by atoms with Crippen LogP contribution in [-0.2, 0) is 0 Å². The first-order valence-electron chi connectivity index (χ1n) is 4.55. The van der Waals surface area contributed by atoms with Crippen molar-refractivity contribution < 1.29 is 0 Å². The number of alkyl halides is 1. The first-order chi connectivity index (χ1) is 5.24. The molecule has 1 fully saturated rings. The topological polar surface area (TPSA) is 12.0 Å². The highest BCUT2D eigenvalue weighted by Gasteiger charge is 2.26. The zero-order chi connectivity index (χ0) is 8.27. The molecule has 1 aliphatic rings. The van der Waals surface area contributed by atoms with E-state index in [0.717, 1.165) is 5.92 Å². The Morgan fingerprint density at radius 2 is 2.27 bits per heavy atom. The molecule has 0 radical (unpaired) electrons. The monoisotopic (exact) mass is 173 g/mol. The molecule has 0 aromatic carbocycles. The second-order valence-electron chi connectivity index (χ2n) is 3.63. The third-order valence-corrected chi connectivity index (χ3v) is 3.29. The molecule has 2 unspecified atom stereocenters. The van der Waals surface area contributed by atoms with Crippen LogP contribution in [0.5, 0.6) is 0 Å². The standard InChI is InChI=1S/C8H17BClN/c1-9(11-2)6-7-4-3-5-8(7)10/h7-8,11H,3-6H2,1-2H3. The Labute approximate surface area is 75.0 Å². The van der Waals surface area contributed by atoms with Crippen molar-refractivity contribution in [1.29, 1.82) is 0 Å². The van der Waals surface area contributed by atoms with Crippen LogP contribution >= 0.6 is 11.6 Å². The van der Waals surface area contributed by atoms with Crippen LogP contribution < -0.4 is 5.23 Å². The van der Waals surface area contributed by atoms with E-state index in [1.54, 1.807) is 0 Å². The fraction of sp³-hybridized carbons (Fsp3) is 1.00. The van der Waals surface area contributed by atoms with E-state index in [1.165, 1.54) is 25.6 Å². The molecule has 64 valence electrons. The van der Waals surface area contributed by atoms with Crippen LogP contribution in [0.1, 0.15) is 19.3 Å². The highest BCUT2D eigenvalue weighted by atomic mass is 35.5. The molecule has 0 aliphatic heterocycles. The first kappa shape index (κ1) is 9.40. The van der Waals surface area contributed by atoms with Crippen molar-refractivity contribution in [3.05, 3.63) is 0 Å². The SMILES string of the molecule is CNB(C)CC1CCCC1Cl. The van der Waals surface area contributed by atoms with Gasteiger partial charge in [-0.3, -0.25) is 0 Å². The Morgan fingerprint density at radius 1 is 1.55 bits per heavy atom. The summed E-state index contributed by atoms with van der Waals surface area (Å²) in [5.41, 5.74) is 0. The van der Waals surface area contributed by atoms with Gasteiger partial charge in [-0.2, -0.15) is 0 Å². The van der Waals surface area contributed by atoms with Gasteiger partial charge < -0.3 is 5.23 Å². The van der Waals surface area contributed by atoms with E-state index in [-0.39, 0.29) is 0 Å². The number of hydrogen-bond acceptors (Lipinski definition) is 1. The molecule has 0 bridgehead atoms. The van der Waals surface area contributed by atoms with E-state index >= 15 is 0 Å². The summed E-state index contributed by atoms with van der Waals surface area (Å²) in [6.45, 7) is 2.85. The average molecular weight is 173 g/mol. The van der Waals surface area contributed by atoms with E-state index < -0.39 is 0 Å². The highest BCUT2D eigenvalue weighted by Crippen LogP contribution is 2.33. The predicted octanol–water partition coefficient (Wildman–Crippen LogP) is 2.23. The van der Waals surface area contributed by atoms with Gasteiger partial charge in [0.2, 0.25) is 6.85 Å². The predicted molar refractivity (Wildman–Crippen MR) is 52.5 cm³/mol. The summed E-state index contributed by atoms with van der Waals surface area (Å²) >= 11 is 6.15. The molecule has 1 saturated carbocycles. The zero-order valence-electron chi connectivity index (χ0n) is 7.44. The van der Waals surface area contributed by atoms with Crippen molar-refractivity contribution >= 4 is 18.4 Å². The summed E-state index contributed by atoms with van der Waals surface area (Å²) in [7, 11) is 2.02. The number of nitrogens with one attached hydrogen (secondary N) is 1. The molecule has 0 aromatic rings. The van der Waals surface area contributed by atoms with E-state index in [4.69, 9.17) is 11.6 Å². The van der Waals surface area contributed by atoms with Crippen molar-refractivity contribution in [2.45, 2.75) is 37.8 Å².